The highest BCUT2D eigenvalue weighted by Gasteiger charge is 2.22. The lowest BCUT2D eigenvalue weighted by atomic mass is 10.1. The lowest BCUT2D eigenvalue weighted by molar-refractivity contribution is 0.0767. The molecule has 1 aromatic heterocycles. The van der Waals surface area contributed by atoms with Crippen LogP contribution in [-0.4, -0.2) is 20.4 Å². The normalized spacial score (nSPS) is 11.3. The summed E-state index contributed by atoms with van der Waals surface area (Å²) in [5.74, 6) is -0.375. The largest absolute Gasteiger partial charge is 0.467 e. The molecule has 0 amide bonds. The third-order valence-corrected chi connectivity index (χ3v) is 4.54. The van der Waals surface area contributed by atoms with Crippen LogP contribution in [0.5, 0.6) is 0 Å². The second kappa shape index (κ2) is 7.88. The minimum absolute atomic E-state index is 0.157. The molecule has 2 aromatic rings. The number of furan rings is 1. The van der Waals surface area contributed by atoms with Crippen molar-refractivity contribution in [3.8, 4) is 0 Å². The average Bonchev–Trinajstić information content (AvgIpc) is 3.02. The topological polar surface area (TPSA) is 112 Å². The fraction of sp³-hybridized carbons (Fsp3) is 0.154. The number of halogens is 2. The monoisotopic (exact) mass is 394 g/mol. The van der Waals surface area contributed by atoms with Crippen LogP contribution < -0.4 is 10.5 Å². The average molecular weight is 395 g/mol. The number of benzene rings is 1. The Bertz CT molecular complexity index is 827. The maximum atomic E-state index is 12.2. The Balaban J connectivity index is 2.39. The highest BCUT2D eigenvalue weighted by molar-refractivity contribution is 7.94. The maximum Gasteiger partial charge on any atom is 0.352 e. The fourth-order valence-electron chi connectivity index (χ4n) is 1.80. The Morgan fingerprint density at radius 2 is 2.21 bits per heavy atom. The van der Waals surface area contributed by atoms with Crippen molar-refractivity contribution in [2.24, 2.45) is 5.14 Å². The lowest BCUT2D eigenvalue weighted by Crippen LogP contribution is -2.15. The number of carbonyl (C=O) groups is 1. The number of sulfonamides is 1. The Labute approximate surface area is 146 Å². The van der Waals surface area contributed by atoms with E-state index in [0.717, 1.165) is 6.07 Å². The van der Waals surface area contributed by atoms with Crippen molar-refractivity contribution < 1.29 is 26.2 Å². The zero-order chi connectivity index (χ0) is 17.7. The number of hydrogen-bond donors (Lipinski definition) is 2. The van der Waals surface area contributed by atoms with E-state index in [2.05, 4.69) is 9.50 Å². The van der Waals surface area contributed by atoms with Gasteiger partial charge >= 0.3 is 5.97 Å². The van der Waals surface area contributed by atoms with E-state index in [9.17, 15) is 17.6 Å². The first-order valence-corrected chi connectivity index (χ1v) is 9.18. The predicted octanol–water partition coefficient (Wildman–Crippen LogP) is 2.92. The van der Waals surface area contributed by atoms with Crippen LogP contribution >= 0.6 is 23.6 Å². The summed E-state index contributed by atoms with van der Waals surface area (Å²) in [6.07, 6.45) is 1.47. The van der Waals surface area contributed by atoms with Crippen molar-refractivity contribution in [2.45, 2.75) is 11.4 Å². The smallest absolute Gasteiger partial charge is 0.352 e. The standard InChI is InChI=1S/C13H12ClFN2O5S2/c14-10-5-11(17-6-8-2-1-3-21-8)9(13(18)22-23-7-15)4-12(10)24(16,19)20/h1-5,17H,6-7H2,(H2,16,19,20). The molecule has 0 fully saturated rings. The van der Waals surface area contributed by atoms with E-state index in [-0.39, 0.29) is 34.9 Å². The van der Waals surface area contributed by atoms with Gasteiger partial charge in [-0.2, -0.15) is 0 Å². The first-order valence-electron chi connectivity index (χ1n) is 6.35. The molecule has 0 aliphatic rings. The summed E-state index contributed by atoms with van der Waals surface area (Å²) >= 11 is 6.19. The summed E-state index contributed by atoms with van der Waals surface area (Å²) < 4.78 is 45.0. The van der Waals surface area contributed by atoms with Gasteiger partial charge in [0.2, 0.25) is 10.0 Å². The molecule has 24 heavy (non-hydrogen) atoms. The van der Waals surface area contributed by atoms with Crippen molar-refractivity contribution in [3.05, 3.63) is 46.9 Å². The summed E-state index contributed by atoms with van der Waals surface area (Å²) in [5.41, 5.74) is 0.0317. The second-order valence-corrected chi connectivity index (χ2v) is 6.96. The number of nitrogens with two attached hydrogens (primary N) is 1. The van der Waals surface area contributed by atoms with Gasteiger partial charge < -0.3 is 13.9 Å². The molecule has 0 saturated carbocycles. The molecule has 1 heterocycles. The van der Waals surface area contributed by atoms with Gasteiger partial charge in [-0.3, -0.25) is 0 Å². The molecule has 0 aliphatic heterocycles. The molecule has 11 heteroatoms. The molecule has 3 N–H and O–H groups in total. The molecular weight excluding hydrogens is 383 g/mol. The van der Waals surface area contributed by atoms with Crippen LogP contribution in [0.4, 0.5) is 10.1 Å². The van der Waals surface area contributed by atoms with Crippen LogP contribution in [0.15, 0.2) is 39.8 Å². The molecular formula is C13H12ClFN2O5S2. The predicted molar refractivity (Wildman–Crippen MR) is 87.8 cm³/mol. The van der Waals surface area contributed by atoms with Gasteiger partial charge in [-0.1, -0.05) is 11.6 Å². The van der Waals surface area contributed by atoms with E-state index in [1.54, 1.807) is 12.1 Å². The summed E-state index contributed by atoms with van der Waals surface area (Å²) in [6, 6.07) is 4.63. The molecule has 0 spiro atoms. The zero-order valence-corrected chi connectivity index (χ0v) is 14.4. The summed E-state index contributed by atoms with van der Waals surface area (Å²) in [6.45, 7) is 0.203. The van der Waals surface area contributed by atoms with E-state index in [1.165, 1.54) is 12.3 Å². The lowest BCUT2D eigenvalue weighted by Gasteiger charge is -2.13. The molecule has 0 radical (unpaired) electrons. The molecule has 130 valence electrons. The molecule has 0 bridgehead atoms. The Hall–Kier alpha value is -1.75. The number of nitrogens with one attached hydrogen (secondary N) is 1. The summed E-state index contributed by atoms with van der Waals surface area (Å²) in [5, 5.41) is 7.77. The van der Waals surface area contributed by atoms with Gasteiger partial charge in [0, 0.05) is 0 Å². The van der Waals surface area contributed by atoms with Gasteiger partial charge in [-0.05, 0) is 24.3 Å². The summed E-state index contributed by atoms with van der Waals surface area (Å²) in [7, 11) is -4.15. The van der Waals surface area contributed by atoms with Gasteiger partial charge in [0.05, 0.1) is 41.1 Å². The van der Waals surface area contributed by atoms with Gasteiger partial charge in [0.25, 0.3) is 0 Å². The number of rotatable bonds is 7. The van der Waals surface area contributed by atoms with Gasteiger partial charge in [-0.25, -0.2) is 22.7 Å². The van der Waals surface area contributed by atoms with Crippen molar-refractivity contribution in [1.82, 2.24) is 0 Å². The van der Waals surface area contributed by atoms with Crippen LogP contribution in [0.25, 0.3) is 0 Å². The second-order valence-electron chi connectivity index (χ2n) is 4.40. The first-order chi connectivity index (χ1) is 11.3. The van der Waals surface area contributed by atoms with Crippen LogP contribution in [0.1, 0.15) is 16.1 Å². The van der Waals surface area contributed by atoms with E-state index in [0.29, 0.717) is 5.76 Å². The first kappa shape index (κ1) is 18.6. The maximum absolute atomic E-state index is 12.2. The number of anilines is 1. The number of alkyl halides is 1. The van der Waals surface area contributed by atoms with Crippen molar-refractivity contribution in [1.29, 1.82) is 0 Å². The van der Waals surface area contributed by atoms with Gasteiger partial charge in [-0.15, -0.1) is 0 Å². The van der Waals surface area contributed by atoms with Crippen molar-refractivity contribution in [3.63, 3.8) is 0 Å². The fourth-order valence-corrected chi connectivity index (χ4v) is 3.14. The van der Waals surface area contributed by atoms with Crippen LogP contribution in [0.3, 0.4) is 0 Å². The molecule has 0 atom stereocenters. The minimum atomic E-state index is -4.15. The number of hydrogen-bond acceptors (Lipinski definition) is 7. The zero-order valence-electron chi connectivity index (χ0n) is 12.0. The Kier molecular flexibility index (Phi) is 6.10. The van der Waals surface area contributed by atoms with Crippen LogP contribution in [0, 0.1) is 0 Å². The third-order valence-electron chi connectivity index (χ3n) is 2.81. The van der Waals surface area contributed by atoms with Crippen molar-refractivity contribution in [2.75, 3.05) is 11.3 Å². The van der Waals surface area contributed by atoms with Gasteiger partial charge in [0.1, 0.15) is 10.7 Å². The highest BCUT2D eigenvalue weighted by Crippen LogP contribution is 2.30. The van der Waals surface area contributed by atoms with E-state index in [1.807, 2.05) is 0 Å². The summed E-state index contributed by atoms with van der Waals surface area (Å²) in [4.78, 5) is 11.6. The Morgan fingerprint density at radius 1 is 1.46 bits per heavy atom. The molecule has 1 aromatic carbocycles. The molecule has 7 nitrogen and oxygen atoms in total. The van der Waals surface area contributed by atoms with Gasteiger partial charge in [0.15, 0.2) is 6.01 Å². The molecule has 2 rings (SSSR count). The highest BCUT2D eigenvalue weighted by atomic mass is 35.5. The number of carbonyl (C=O) groups excluding carboxylic acids is 1. The minimum Gasteiger partial charge on any atom is -0.467 e. The van der Waals surface area contributed by atoms with E-state index >= 15 is 0 Å². The number of primary sulfonamides is 1. The molecule has 0 saturated heterocycles. The third kappa shape index (κ3) is 4.63. The SMILES string of the molecule is NS(=O)(=O)c1cc(C(=O)OSCF)c(NCc2ccco2)cc1Cl. The van der Waals surface area contributed by atoms with E-state index < -0.39 is 26.9 Å². The Morgan fingerprint density at radius 3 is 2.79 bits per heavy atom. The van der Waals surface area contributed by atoms with Crippen LogP contribution in [0.2, 0.25) is 5.02 Å². The molecule has 0 aliphatic carbocycles. The molecule has 0 unspecified atom stereocenters. The van der Waals surface area contributed by atoms with E-state index in [4.69, 9.17) is 21.2 Å². The van der Waals surface area contributed by atoms with Crippen LogP contribution in [-0.2, 0) is 20.8 Å². The quantitative estimate of drug-likeness (QED) is 0.694. The van der Waals surface area contributed by atoms with Crippen molar-refractivity contribution >= 4 is 45.3 Å².